The van der Waals surface area contributed by atoms with Crippen LogP contribution in [-0.2, 0) is 6.42 Å². The summed E-state index contributed by atoms with van der Waals surface area (Å²) in [4.78, 5) is 5.57. The molecule has 0 aromatic carbocycles. The second-order valence-electron chi connectivity index (χ2n) is 2.65. The molecule has 0 N–H and O–H groups in total. The molecular weight excluding hydrogens is 236 g/mol. The van der Waals surface area contributed by atoms with Gasteiger partial charge >= 0.3 is 0 Å². The van der Waals surface area contributed by atoms with Crippen molar-refractivity contribution < 1.29 is 0 Å². The van der Waals surface area contributed by atoms with Gasteiger partial charge in [-0.15, -0.1) is 11.3 Å². The van der Waals surface area contributed by atoms with Crippen molar-refractivity contribution >= 4 is 32.2 Å². The molecule has 2 heterocycles. The minimum atomic E-state index is 1.05. The fourth-order valence-electron chi connectivity index (χ4n) is 1.20. The lowest BCUT2D eigenvalue weighted by Crippen LogP contribution is -1.84. The lowest BCUT2D eigenvalue weighted by Gasteiger charge is -1.91. The first-order chi connectivity index (χ1) is 5.83. The van der Waals surface area contributed by atoms with Crippen LogP contribution in [0.4, 0.5) is 0 Å². The summed E-state index contributed by atoms with van der Waals surface area (Å²) < 4.78 is 3.19. The maximum Gasteiger partial charge on any atom is 0.194 e. The van der Waals surface area contributed by atoms with Crippen molar-refractivity contribution in [3.63, 3.8) is 0 Å². The number of hydrogen-bond acceptors (Lipinski definition) is 2. The molecule has 0 radical (unpaired) electrons. The number of halogens is 1. The molecule has 0 spiro atoms. The van der Waals surface area contributed by atoms with E-state index < -0.39 is 0 Å². The molecule has 0 bridgehead atoms. The molecule has 12 heavy (non-hydrogen) atoms. The van der Waals surface area contributed by atoms with Crippen molar-refractivity contribution in [3.05, 3.63) is 21.9 Å². The minimum Gasteiger partial charge on any atom is -0.284 e. The number of imidazole rings is 1. The van der Waals surface area contributed by atoms with Gasteiger partial charge in [0, 0.05) is 11.6 Å². The Morgan fingerprint density at radius 1 is 1.67 bits per heavy atom. The zero-order chi connectivity index (χ0) is 8.55. The molecule has 0 amide bonds. The number of thiazole rings is 1. The highest BCUT2D eigenvalue weighted by Crippen LogP contribution is 2.22. The molecule has 0 aliphatic heterocycles. The van der Waals surface area contributed by atoms with Crippen LogP contribution in [0.5, 0.6) is 0 Å². The van der Waals surface area contributed by atoms with E-state index in [9.17, 15) is 0 Å². The van der Waals surface area contributed by atoms with Gasteiger partial charge in [-0.3, -0.25) is 4.40 Å². The maximum atomic E-state index is 4.50. The third-order valence-corrected chi connectivity index (χ3v) is 3.35. The van der Waals surface area contributed by atoms with E-state index in [2.05, 4.69) is 32.2 Å². The molecule has 0 fully saturated rings. The third kappa shape index (κ3) is 1.19. The van der Waals surface area contributed by atoms with Crippen molar-refractivity contribution in [2.75, 3.05) is 0 Å². The number of fused-ring (bicyclic) bond motifs is 1. The zero-order valence-electron chi connectivity index (χ0n) is 6.75. The highest BCUT2D eigenvalue weighted by molar-refractivity contribution is 9.10. The first-order valence-electron chi connectivity index (χ1n) is 3.93. The van der Waals surface area contributed by atoms with E-state index in [0.29, 0.717) is 0 Å². The Bertz CT molecular complexity index is 391. The summed E-state index contributed by atoms with van der Waals surface area (Å²) in [5.74, 6) is 0. The molecule has 2 rings (SSSR count). The number of nitrogens with zero attached hydrogens (tertiary/aromatic N) is 2. The predicted molar refractivity (Wildman–Crippen MR) is 54.8 cm³/mol. The molecule has 64 valence electrons. The van der Waals surface area contributed by atoms with E-state index in [-0.39, 0.29) is 0 Å². The van der Waals surface area contributed by atoms with Crippen LogP contribution in [0, 0.1) is 0 Å². The fourth-order valence-corrected chi connectivity index (χ4v) is 2.62. The van der Waals surface area contributed by atoms with Gasteiger partial charge in [-0.25, -0.2) is 4.98 Å². The van der Waals surface area contributed by atoms with Crippen LogP contribution >= 0.6 is 27.3 Å². The smallest absolute Gasteiger partial charge is 0.194 e. The molecule has 0 saturated carbocycles. The van der Waals surface area contributed by atoms with E-state index in [1.54, 1.807) is 11.3 Å². The number of aromatic nitrogens is 2. The van der Waals surface area contributed by atoms with Crippen molar-refractivity contribution in [1.82, 2.24) is 9.38 Å². The fraction of sp³-hybridized carbons (Fsp3) is 0.375. The molecule has 2 aromatic heterocycles. The monoisotopic (exact) mass is 244 g/mol. The van der Waals surface area contributed by atoms with E-state index >= 15 is 0 Å². The molecule has 0 aliphatic carbocycles. The largest absolute Gasteiger partial charge is 0.284 e. The summed E-state index contributed by atoms with van der Waals surface area (Å²) in [5.41, 5.74) is 1.17. The van der Waals surface area contributed by atoms with E-state index in [1.807, 2.05) is 11.6 Å². The van der Waals surface area contributed by atoms with Crippen LogP contribution in [-0.4, -0.2) is 9.38 Å². The summed E-state index contributed by atoms with van der Waals surface area (Å²) in [6.07, 6.45) is 4.23. The SMILES string of the molecule is CCCc1nc2sccn2c1Br. The van der Waals surface area contributed by atoms with Crippen LogP contribution < -0.4 is 0 Å². The normalized spacial score (nSPS) is 11.2. The van der Waals surface area contributed by atoms with Crippen molar-refractivity contribution in [2.45, 2.75) is 19.8 Å². The molecule has 0 atom stereocenters. The van der Waals surface area contributed by atoms with E-state index in [1.165, 1.54) is 5.69 Å². The van der Waals surface area contributed by atoms with Gasteiger partial charge in [-0.1, -0.05) is 13.3 Å². The minimum absolute atomic E-state index is 1.05. The Morgan fingerprint density at radius 2 is 2.50 bits per heavy atom. The average Bonchev–Trinajstić information content (AvgIpc) is 2.58. The molecule has 2 nitrogen and oxygen atoms in total. The Morgan fingerprint density at radius 3 is 3.17 bits per heavy atom. The molecule has 4 heteroatoms. The zero-order valence-corrected chi connectivity index (χ0v) is 9.15. The maximum absolute atomic E-state index is 4.50. The first-order valence-corrected chi connectivity index (χ1v) is 5.60. The third-order valence-electron chi connectivity index (χ3n) is 1.76. The van der Waals surface area contributed by atoms with Crippen molar-refractivity contribution in [3.8, 4) is 0 Å². The van der Waals surface area contributed by atoms with Gasteiger partial charge in [0.1, 0.15) is 4.60 Å². The van der Waals surface area contributed by atoms with E-state index in [0.717, 1.165) is 22.4 Å². The predicted octanol–water partition coefficient (Wildman–Crippen LogP) is 3.11. The Labute approximate surface area is 83.4 Å². The second-order valence-corrected chi connectivity index (χ2v) is 4.28. The molecule has 0 saturated heterocycles. The Hall–Kier alpha value is -0.350. The summed E-state index contributed by atoms with van der Waals surface area (Å²) in [6.45, 7) is 2.17. The van der Waals surface area contributed by atoms with Crippen molar-refractivity contribution in [1.29, 1.82) is 0 Å². The van der Waals surface area contributed by atoms with Crippen LogP contribution in [0.25, 0.3) is 4.96 Å². The standard InChI is InChI=1S/C8H9BrN2S/c1-2-3-6-7(9)11-4-5-12-8(11)10-6/h4-5H,2-3H2,1H3. The van der Waals surface area contributed by atoms with Gasteiger partial charge in [0.15, 0.2) is 4.96 Å². The van der Waals surface area contributed by atoms with Crippen LogP contribution in [0.3, 0.4) is 0 Å². The van der Waals surface area contributed by atoms with Gasteiger partial charge < -0.3 is 0 Å². The first kappa shape index (κ1) is 8.26. The number of hydrogen-bond donors (Lipinski definition) is 0. The highest BCUT2D eigenvalue weighted by atomic mass is 79.9. The summed E-state index contributed by atoms with van der Waals surface area (Å²) in [5, 5.41) is 2.04. The average molecular weight is 245 g/mol. The summed E-state index contributed by atoms with van der Waals surface area (Å²) in [7, 11) is 0. The van der Waals surface area contributed by atoms with Gasteiger partial charge in [0.05, 0.1) is 5.69 Å². The van der Waals surface area contributed by atoms with E-state index in [4.69, 9.17) is 0 Å². The molecule has 0 aliphatic rings. The number of rotatable bonds is 2. The highest BCUT2D eigenvalue weighted by Gasteiger charge is 2.08. The molecule has 2 aromatic rings. The lowest BCUT2D eigenvalue weighted by atomic mass is 10.3. The van der Waals surface area contributed by atoms with Crippen LogP contribution in [0.2, 0.25) is 0 Å². The summed E-state index contributed by atoms with van der Waals surface area (Å²) >= 11 is 5.21. The molecule has 0 unspecified atom stereocenters. The van der Waals surface area contributed by atoms with Gasteiger partial charge in [0.2, 0.25) is 0 Å². The van der Waals surface area contributed by atoms with Gasteiger partial charge in [-0.05, 0) is 22.4 Å². The van der Waals surface area contributed by atoms with Crippen LogP contribution in [0.1, 0.15) is 19.0 Å². The quantitative estimate of drug-likeness (QED) is 0.794. The van der Waals surface area contributed by atoms with Crippen LogP contribution in [0.15, 0.2) is 16.2 Å². The Balaban J connectivity index is 2.55. The van der Waals surface area contributed by atoms with Crippen molar-refractivity contribution in [2.24, 2.45) is 0 Å². The van der Waals surface area contributed by atoms with Gasteiger partial charge in [-0.2, -0.15) is 0 Å². The second kappa shape index (κ2) is 3.18. The van der Waals surface area contributed by atoms with Gasteiger partial charge in [0.25, 0.3) is 0 Å². The Kier molecular flexibility index (Phi) is 2.19. The molecular formula is C8H9BrN2S. The number of aryl methyl sites for hydroxylation is 1. The lowest BCUT2D eigenvalue weighted by molar-refractivity contribution is 0.887. The summed E-state index contributed by atoms with van der Waals surface area (Å²) in [6, 6.07) is 0. The topological polar surface area (TPSA) is 17.3 Å².